The second-order valence-electron chi connectivity index (χ2n) is 6.59. The molecule has 3 nitrogen and oxygen atoms in total. The molecule has 2 N–H and O–H groups in total. The van der Waals surface area contributed by atoms with E-state index in [2.05, 4.69) is 5.32 Å². The highest BCUT2D eigenvalue weighted by atomic mass is 19.4. The normalized spacial score (nSPS) is 30.3. The third-order valence-electron chi connectivity index (χ3n) is 4.95. The summed E-state index contributed by atoms with van der Waals surface area (Å²) < 4.78 is 37.5. The number of hydrogen-bond donors (Lipinski definition) is 2. The fourth-order valence-electron chi connectivity index (χ4n) is 3.58. The lowest BCUT2D eigenvalue weighted by atomic mass is 9.85. The van der Waals surface area contributed by atoms with Crippen molar-refractivity contribution in [3.8, 4) is 0 Å². The van der Waals surface area contributed by atoms with Crippen LogP contribution in [0.3, 0.4) is 0 Å². The smallest absolute Gasteiger partial charge is 0.394 e. The number of rotatable bonds is 8. The van der Waals surface area contributed by atoms with Gasteiger partial charge in [-0.2, -0.15) is 13.2 Å². The van der Waals surface area contributed by atoms with Crippen molar-refractivity contribution in [2.45, 2.75) is 63.2 Å². The number of aliphatic hydroxyl groups excluding tert-OH is 1. The Kier molecular flexibility index (Phi) is 5.54. The van der Waals surface area contributed by atoms with Gasteiger partial charge in [0.15, 0.2) is 0 Å². The molecule has 0 spiro atoms. The van der Waals surface area contributed by atoms with E-state index in [0.717, 1.165) is 38.5 Å². The maximum absolute atomic E-state index is 12.5. The van der Waals surface area contributed by atoms with Crippen molar-refractivity contribution in [2.75, 3.05) is 26.2 Å². The molecule has 2 rings (SSSR count). The number of aliphatic hydroxyl groups is 1. The van der Waals surface area contributed by atoms with Crippen LogP contribution >= 0.6 is 0 Å². The molecule has 2 fully saturated rings. The van der Waals surface area contributed by atoms with E-state index in [1.807, 2.05) is 0 Å². The van der Waals surface area contributed by atoms with Crippen LogP contribution in [0, 0.1) is 5.92 Å². The maximum Gasteiger partial charge on any atom is 0.401 e. The SMILES string of the molecule is CCN(CCC1CCCC1(CO)NC1CC1)CC(F)(F)F. The van der Waals surface area contributed by atoms with Gasteiger partial charge in [-0.1, -0.05) is 13.3 Å². The van der Waals surface area contributed by atoms with Gasteiger partial charge >= 0.3 is 6.18 Å². The number of nitrogens with one attached hydrogen (secondary N) is 1. The summed E-state index contributed by atoms with van der Waals surface area (Å²) in [4.78, 5) is 1.46. The fraction of sp³-hybridized carbons (Fsp3) is 1.00. The lowest BCUT2D eigenvalue weighted by Crippen LogP contribution is -2.53. The first-order chi connectivity index (χ1) is 9.88. The summed E-state index contributed by atoms with van der Waals surface area (Å²) in [5, 5.41) is 13.4. The van der Waals surface area contributed by atoms with Crippen LogP contribution < -0.4 is 5.32 Å². The second-order valence-corrected chi connectivity index (χ2v) is 6.59. The van der Waals surface area contributed by atoms with E-state index in [1.165, 1.54) is 4.90 Å². The molecule has 21 heavy (non-hydrogen) atoms. The molecule has 0 radical (unpaired) electrons. The molecule has 124 valence electrons. The molecule has 2 saturated carbocycles. The minimum absolute atomic E-state index is 0.0968. The predicted octanol–water partition coefficient (Wildman–Crippen LogP) is 2.54. The van der Waals surface area contributed by atoms with Crippen LogP contribution in [0.5, 0.6) is 0 Å². The van der Waals surface area contributed by atoms with E-state index >= 15 is 0 Å². The van der Waals surface area contributed by atoms with E-state index in [4.69, 9.17) is 0 Å². The van der Waals surface area contributed by atoms with Gasteiger partial charge < -0.3 is 10.4 Å². The predicted molar refractivity (Wildman–Crippen MR) is 76.1 cm³/mol. The van der Waals surface area contributed by atoms with E-state index in [1.54, 1.807) is 6.92 Å². The fourth-order valence-corrected chi connectivity index (χ4v) is 3.58. The molecule has 0 aliphatic heterocycles. The van der Waals surface area contributed by atoms with Gasteiger partial charge in [-0.25, -0.2) is 0 Å². The Labute approximate surface area is 124 Å². The van der Waals surface area contributed by atoms with Crippen molar-refractivity contribution < 1.29 is 18.3 Å². The molecule has 0 aromatic rings. The van der Waals surface area contributed by atoms with E-state index in [0.29, 0.717) is 19.1 Å². The topological polar surface area (TPSA) is 35.5 Å². The van der Waals surface area contributed by atoms with Crippen molar-refractivity contribution in [3.05, 3.63) is 0 Å². The van der Waals surface area contributed by atoms with Crippen molar-refractivity contribution >= 4 is 0 Å². The molecule has 2 aliphatic carbocycles. The van der Waals surface area contributed by atoms with Crippen LogP contribution in [-0.4, -0.2) is 54.0 Å². The summed E-state index contributed by atoms with van der Waals surface area (Å²) in [5.41, 5.74) is -0.251. The first kappa shape index (κ1) is 17.0. The summed E-state index contributed by atoms with van der Waals surface area (Å²) in [7, 11) is 0. The largest absolute Gasteiger partial charge is 0.401 e. The molecule has 0 bridgehead atoms. The van der Waals surface area contributed by atoms with Crippen LogP contribution in [0.2, 0.25) is 0 Å². The van der Waals surface area contributed by atoms with Crippen LogP contribution in [0.1, 0.15) is 45.4 Å². The maximum atomic E-state index is 12.5. The molecule has 0 saturated heterocycles. The Hall–Kier alpha value is -0.330. The summed E-state index contributed by atoms with van der Waals surface area (Å²) in [6, 6.07) is 0.509. The van der Waals surface area contributed by atoms with Gasteiger partial charge in [0.25, 0.3) is 0 Å². The summed E-state index contributed by atoms with van der Waals surface area (Å²) >= 11 is 0. The Morgan fingerprint density at radius 1 is 1.29 bits per heavy atom. The summed E-state index contributed by atoms with van der Waals surface area (Å²) in [6.07, 6.45) is 1.90. The van der Waals surface area contributed by atoms with Crippen molar-refractivity contribution in [1.29, 1.82) is 0 Å². The van der Waals surface area contributed by atoms with Gasteiger partial charge in [-0.3, -0.25) is 4.90 Å². The molecule has 2 aliphatic rings. The average molecular weight is 308 g/mol. The van der Waals surface area contributed by atoms with E-state index in [-0.39, 0.29) is 18.1 Å². The number of nitrogens with zero attached hydrogens (tertiary/aromatic N) is 1. The van der Waals surface area contributed by atoms with E-state index < -0.39 is 12.7 Å². The van der Waals surface area contributed by atoms with Gasteiger partial charge in [-0.15, -0.1) is 0 Å². The molecule has 0 heterocycles. The van der Waals surface area contributed by atoms with Gasteiger partial charge in [0, 0.05) is 11.6 Å². The Bertz CT molecular complexity index is 333. The minimum atomic E-state index is -4.13. The first-order valence-corrected chi connectivity index (χ1v) is 8.06. The van der Waals surface area contributed by atoms with Crippen molar-refractivity contribution in [2.24, 2.45) is 5.92 Å². The third kappa shape index (κ3) is 4.83. The van der Waals surface area contributed by atoms with Crippen LogP contribution in [0.4, 0.5) is 13.2 Å². The second kappa shape index (κ2) is 6.84. The van der Waals surface area contributed by atoms with Gasteiger partial charge in [-0.05, 0) is 51.1 Å². The Morgan fingerprint density at radius 2 is 2.00 bits per heavy atom. The first-order valence-electron chi connectivity index (χ1n) is 8.06. The van der Waals surface area contributed by atoms with Gasteiger partial charge in [0.1, 0.15) is 0 Å². The van der Waals surface area contributed by atoms with Crippen LogP contribution in [0.15, 0.2) is 0 Å². The molecular formula is C15H27F3N2O. The van der Waals surface area contributed by atoms with Crippen molar-refractivity contribution in [1.82, 2.24) is 10.2 Å². The monoisotopic (exact) mass is 308 g/mol. The Morgan fingerprint density at radius 3 is 2.52 bits per heavy atom. The summed E-state index contributed by atoms with van der Waals surface area (Å²) in [6.45, 7) is 1.89. The Balaban J connectivity index is 1.87. The quantitative estimate of drug-likeness (QED) is 0.723. The zero-order valence-corrected chi connectivity index (χ0v) is 12.8. The molecule has 6 heteroatoms. The third-order valence-corrected chi connectivity index (χ3v) is 4.95. The van der Waals surface area contributed by atoms with Gasteiger partial charge in [0.2, 0.25) is 0 Å². The number of hydrogen-bond acceptors (Lipinski definition) is 3. The number of halogens is 3. The number of alkyl halides is 3. The van der Waals surface area contributed by atoms with Crippen molar-refractivity contribution in [3.63, 3.8) is 0 Å². The zero-order chi connectivity index (χ0) is 15.5. The standard InChI is InChI=1S/C15H27F3N2O/c1-2-20(10-15(16,17)18)9-7-12-4-3-8-14(12,11-21)19-13-5-6-13/h12-13,19,21H,2-11H2,1H3. The highest BCUT2D eigenvalue weighted by Crippen LogP contribution is 2.40. The molecule has 0 amide bonds. The lowest BCUT2D eigenvalue weighted by Gasteiger charge is -2.36. The van der Waals surface area contributed by atoms with E-state index in [9.17, 15) is 18.3 Å². The molecule has 2 unspecified atom stereocenters. The molecule has 0 aromatic heterocycles. The minimum Gasteiger partial charge on any atom is -0.394 e. The molecule has 2 atom stereocenters. The van der Waals surface area contributed by atoms with Crippen LogP contribution in [0.25, 0.3) is 0 Å². The van der Waals surface area contributed by atoms with Crippen LogP contribution in [-0.2, 0) is 0 Å². The highest BCUT2D eigenvalue weighted by molar-refractivity contribution is 5.03. The molecule has 0 aromatic carbocycles. The lowest BCUT2D eigenvalue weighted by molar-refractivity contribution is -0.146. The average Bonchev–Trinajstić information content (AvgIpc) is 3.13. The zero-order valence-electron chi connectivity index (χ0n) is 12.8. The highest BCUT2D eigenvalue weighted by Gasteiger charge is 2.45. The van der Waals surface area contributed by atoms with Gasteiger partial charge in [0.05, 0.1) is 13.2 Å². The molecular weight excluding hydrogens is 281 g/mol. The summed E-state index contributed by atoms with van der Waals surface area (Å²) in [5.74, 6) is 0.283.